The fourth-order valence-corrected chi connectivity index (χ4v) is 2.08. The van der Waals surface area contributed by atoms with Crippen LogP contribution >= 0.6 is 0 Å². The highest BCUT2D eigenvalue weighted by Gasteiger charge is 2.32. The number of ether oxygens (including phenoxy) is 1. The maximum Gasteiger partial charge on any atom is 0.0684 e. The Morgan fingerprint density at radius 2 is 2.06 bits per heavy atom. The second-order valence-corrected chi connectivity index (χ2v) is 5.85. The zero-order valence-corrected chi connectivity index (χ0v) is 11.7. The molecule has 0 aromatic heterocycles. The minimum Gasteiger partial charge on any atom is -0.383 e. The first-order valence-electron chi connectivity index (χ1n) is 6.64. The Hall–Kier alpha value is -0.590. The van der Waals surface area contributed by atoms with Gasteiger partial charge in [0.25, 0.3) is 0 Å². The summed E-state index contributed by atoms with van der Waals surface area (Å²) in [5, 5.41) is 9.05. The van der Waals surface area contributed by atoms with Gasteiger partial charge in [0.2, 0.25) is 0 Å². The molecule has 0 aliphatic heterocycles. The Morgan fingerprint density at radius 1 is 1.41 bits per heavy atom. The van der Waals surface area contributed by atoms with E-state index in [-0.39, 0.29) is 5.41 Å². The van der Waals surface area contributed by atoms with Crippen molar-refractivity contribution in [3.63, 3.8) is 0 Å². The molecule has 0 radical (unpaired) electrons. The van der Waals surface area contributed by atoms with Crippen LogP contribution in [0.15, 0.2) is 0 Å². The molecule has 3 heteroatoms. The lowest BCUT2D eigenvalue weighted by Crippen LogP contribution is -2.39. The Bertz CT molecular complexity index is 266. The fraction of sp³-hybridized carbons (Fsp3) is 0.929. The van der Waals surface area contributed by atoms with Crippen LogP contribution in [-0.4, -0.2) is 37.7 Å². The molecule has 1 unspecified atom stereocenters. The Kier molecular flexibility index (Phi) is 5.42. The van der Waals surface area contributed by atoms with Crippen LogP contribution in [0.5, 0.6) is 0 Å². The molecule has 1 aliphatic carbocycles. The molecule has 0 amide bonds. The zero-order valence-electron chi connectivity index (χ0n) is 11.7. The first-order chi connectivity index (χ1) is 8.00. The molecule has 17 heavy (non-hydrogen) atoms. The highest BCUT2D eigenvalue weighted by molar-refractivity contribution is 4.93. The van der Waals surface area contributed by atoms with Gasteiger partial charge in [0.05, 0.1) is 18.1 Å². The summed E-state index contributed by atoms with van der Waals surface area (Å²) in [5.74, 6) is 0.872. The normalized spacial score (nSPS) is 18.1. The van der Waals surface area contributed by atoms with Crippen molar-refractivity contribution in [2.24, 2.45) is 11.3 Å². The minimum absolute atomic E-state index is 0.214. The Balaban J connectivity index is 2.42. The van der Waals surface area contributed by atoms with Crippen molar-refractivity contribution in [1.29, 1.82) is 5.26 Å². The van der Waals surface area contributed by atoms with Gasteiger partial charge < -0.3 is 4.74 Å². The van der Waals surface area contributed by atoms with Crippen molar-refractivity contribution in [1.82, 2.24) is 4.90 Å². The van der Waals surface area contributed by atoms with Crippen molar-refractivity contribution in [3.05, 3.63) is 0 Å². The number of hydrogen-bond donors (Lipinski definition) is 0. The van der Waals surface area contributed by atoms with Gasteiger partial charge >= 0.3 is 0 Å². The van der Waals surface area contributed by atoms with E-state index in [1.165, 1.54) is 12.8 Å². The van der Waals surface area contributed by atoms with E-state index in [2.05, 4.69) is 17.9 Å². The molecular formula is C14H26N2O. The quantitative estimate of drug-likeness (QED) is 0.652. The lowest BCUT2D eigenvalue weighted by atomic mass is 9.91. The standard InChI is InChI=1S/C14H26N2O/c1-12(13-5-6-13)16(9-10-17-4)8-7-14(2,3)11-15/h12-13H,5-10H2,1-4H3. The van der Waals surface area contributed by atoms with E-state index >= 15 is 0 Å². The lowest BCUT2D eigenvalue weighted by molar-refractivity contribution is 0.109. The van der Waals surface area contributed by atoms with Gasteiger partial charge in [0.15, 0.2) is 0 Å². The molecule has 1 rings (SSSR count). The molecule has 0 saturated heterocycles. The van der Waals surface area contributed by atoms with Crippen LogP contribution in [0, 0.1) is 22.7 Å². The van der Waals surface area contributed by atoms with Gasteiger partial charge in [-0.3, -0.25) is 4.90 Å². The van der Waals surface area contributed by atoms with E-state index in [9.17, 15) is 0 Å². The summed E-state index contributed by atoms with van der Waals surface area (Å²) in [5.41, 5.74) is -0.214. The predicted octanol–water partition coefficient (Wildman–Crippen LogP) is 2.67. The summed E-state index contributed by atoms with van der Waals surface area (Å²) in [6.45, 7) is 9.11. The molecule has 0 bridgehead atoms. The van der Waals surface area contributed by atoms with E-state index in [0.29, 0.717) is 6.04 Å². The van der Waals surface area contributed by atoms with Gasteiger partial charge in [-0.25, -0.2) is 0 Å². The van der Waals surface area contributed by atoms with Crippen molar-refractivity contribution in [2.75, 3.05) is 26.8 Å². The Labute approximate surface area is 106 Å². The topological polar surface area (TPSA) is 36.3 Å². The van der Waals surface area contributed by atoms with Gasteiger partial charge in [0, 0.05) is 26.2 Å². The lowest BCUT2D eigenvalue weighted by Gasteiger charge is -2.31. The number of nitriles is 1. The van der Waals surface area contributed by atoms with Gasteiger partial charge in [-0.05, 0) is 46.0 Å². The number of hydrogen-bond acceptors (Lipinski definition) is 3. The predicted molar refractivity (Wildman–Crippen MR) is 69.6 cm³/mol. The van der Waals surface area contributed by atoms with E-state index in [4.69, 9.17) is 10.00 Å². The highest BCUT2D eigenvalue weighted by atomic mass is 16.5. The molecule has 0 aromatic rings. The second-order valence-electron chi connectivity index (χ2n) is 5.85. The fourth-order valence-electron chi connectivity index (χ4n) is 2.08. The van der Waals surface area contributed by atoms with Gasteiger partial charge in [-0.2, -0.15) is 5.26 Å². The van der Waals surface area contributed by atoms with E-state index < -0.39 is 0 Å². The zero-order chi connectivity index (χ0) is 12.9. The monoisotopic (exact) mass is 238 g/mol. The first kappa shape index (κ1) is 14.5. The van der Waals surface area contributed by atoms with Crippen molar-refractivity contribution in [3.8, 4) is 6.07 Å². The largest absolute Gasteiger partial charge is 0.383 e. The van der Waals surface area contributed by atoms with Crippen molar-refractivity contribution in [2.45, 2.75) is 46.1 Å². The highest BCUT2D eigenvalue weighted by Crippen LogP contribution is 2.35. The molecular weight excluding hydrogens is 212 g/mol. The number of rotatable bonds is 8. The third-order valence-corrected chi connectivity index (χ3v) is 3.79. The SMILES string of the molecule is COCCN(CCC(C)(C)C#N)C(C)C1CC1. The van der Waals surface area contributed by atoms with E-state index in [1.807, 2.05) is 13.8 Å². The van der Waals surface area contributed by atoms with E-state index in [1.54, 1.807) is 7.11 Å². The molecule has 0 heterocycles. The van der Waals surface area contributed by atoms with Crippen LogP contribution in [0.2, 0.25) is 0 Å². The third-order valence-electron chi connectivity index (χ3n) is 3.79. The number of methoxy groups -OCH3 is 1. The molecule has 1 saturated carbocycles. The molecule has 0 aromatic carbocycles. The van der Waals surface area contributed by atoms with Crippen LogP contribution in [0.4, 0.5) is 0 Å². The maximum absolute atomic E-state index is 9.05. The molecule has 1 atom stereocenters. The summed E-state index contributed by atoms with van der Waals surface area (Å²) in [4.78, 5) is 2.49. The van der Waals surface area contributed by atoms with Gasteiger partial charge in [-0.15, -0.1) is 0 Å². The maximum atomic E-state index is 9.05. The molecule has 0 spiro atoms. The molecule has 3 nitrogen and oxygen atoms in total. The third kappa shape index (κ3) is 5.06. The minimum atomic E-state index is -0.214. The summed E-state index contributed by atoms with van der Waals surface area (Å²) in [6.07, 6.45) is 3.67. The summed E-state index contributed by atoms with van der Waals surface area (Å²) < 4.78 is 5.17. The molecule has 0 N–H and O–H groups in total. The van der Waals surface area contributed by atoms with Crippen LogP contribution in [0.1, 0.15) is 40.0 Å². The average molecular weight is 238 g/mol. The molecule has 1 aliphatic rings. The van der Waals surface area contributed by atoms with Gasteiger partial charge in [-0.1, -0.05) is 0 Å². The summed E-state index contributed by atoms with van der Waals surface area (Å²) in [6, 6.07) is 3.02. The van der Waals surface area contributed by atoms with Crippen molar-refractivity contribution >= 4 is 0 Å². The number of nitrogens with zero attached hydrogens (tertiary/aromatic N) is 2. The van der Waals surface area contributed by atoms with Gasteiger partial charge in [0.1, 0.15) is 0 Å². The molecule has 98 valence electrons. The Morgan fingerprint density at radius 3 is 2.53 bits per heavy atom. The average Bonchev–Trinajstić information content (AvgIpc) is 3.12. The first-order valence-corrected chi connectivity index (χ1v) is 6.64. The smallest absolute Gasteiger partial charge is 0.0684 e. The van der Waals surface area contributed by atoms with Crippen molar-refractivity contribution < 1.29 is 4.74 Å². The van der Waals surface area contributed by atoms with Crippen LogP contribution in [0.25, 0.3) is 0 Å². The summed E-state index contributed by atoms with van der Waals surface area (Å²) in [7, 11) is 1.75. The second kappa shape index (κ2) is 6.37. The van der Waals surface area contributed by atoms with E-state index in [0.717, 1.165) is 32.0 Å². The summed E-state index contributed by atoms with van der Waals surface area (Å²) >= 11 is 0. The van der Waals surface area contributed by atoms with Crippen LogP contribution in [-0.2, 0) is 4.74 Å². The van der Waals surface area contributed by atoms with Crippen LogP contribution in [0.3, 0.4) is 0 Å². The molecule has 1 fully saturated rings. The van der Waals surface area contributed by atoms with Crippen LogP contribution < -0.4 is 0 Å².